The van der Waals surface area contributed by atoms with Crippen molar-refractivity contribution in [1.82, 2.24) is 4.90 Å². The lowest BCUT2D eigenvalue weighted by molar-refractivity contribution is -0.0543. The van der Waals surface area contributed by atoms with Crippen LogP contribution in [0, 0.1) is 5.82 Å². The molecule has 0 bridgehead atoms. The number of ether oxygens (including phenoxy) is 2. The monoisotopic (exact) mass is 443 g/mol. The second kappa shape index (κ2) is 10.2. The van der Waals surface area contributed by atoms with E-state index in [9.17, 15) is 14.6 Å². The summed E-state index contributed by atoms with van der Waals surface area (Å²) in [5, 5.41) is 21.4. The summed E-state index contributed by atoms with van der Waals surface area (Å²) < 4.78 is 25.1. The SMILES string of the molecule is OC1(COc2ccc(CN3CCC(O)(COc4ccccc4F)CC3)cc2)CCCCC1. The van der Waals surface area contributed by atoms with Crippen molar-refractivity contribution in [2.45, 2.75) is 62.7 Å². The molecule has 1 saturated heterocycles. The van der Waals surface area contributed by atoms with E-state index >= 15 is 0 Å². The molecule has 2 aromatic rings. The lowest BCUT2D eigenvalue weighted by Gasteiger charge is -2.38. The molecule has 0 atom stereocenters. The summed E-state index contributed by atoms with van der Waals surface area (Å²) in [5.41, 5.74) is -0.436. The summed E-state index contributed by atoms with van der Waals surface area (Å²) in [5.74, 6) is 0.557. The van der Waals surface area contributed by atoms with Crippen LogP contribution in [0.5, 0.6) is 11.5 Å². The Kier molecular flexibility index (Phi) is 7.33. The van der Waals surface area contributed by atoms with E-state index in [0.29, 0.717) is 19.4 Å². The number of para-hydroxylation sites is 1. The molecule has 0 amide bonds. The fourth-order valence-electron chi connectivity index (χ4n) is 4.57. The Morgan fingerprint density at radius 2 is 1.41 bits per heavy atom. The molecule has 2 N–H and O–H groups in total. The van der Waals surface area contributed by atoms with Gasteiger partial charge in [-0.15, -0.1) is 0 Å². The van der Waals surface area contributed by atoms with Crippen molar-refractivity contribution in [2.24, 2.45) is 0 Å². The molecular formula is C26H34FNO4. The van der Waals surface area contributed by atoms with Crippen molar-refractivity contribution >= 4 is 0 Å². The molecule has 2 aliphatic rings. The highest BCUT2D eigenvalue weighted by atomic mass is 19.1. The molecule has 5 nitrogen and oxygen atoms in total. The Labute approximate surface area is 189 Å². The van der Waals surface area contributed by atoms with Crippen LogP contribution in [-0.2, 0) is 6.54 Å². The largest absolute Gasteiger partial charge is 0.491 e. The fraction of sp³-hybridized carbons (Fsp3) is 0.538. The third-order valence-corrected chi connectivity index (χ3v) is 6.74. The van der Waals surface area contributed by atoms with Crippen LogP contribution >= 0.6 is 0 Å². The summed E-state index contributed by atoms with van der Waals surface area (Å²) in [6, 6.07) is 14.3. The number of likely N-dealkylation sites (tertiary alicyclic amines) is 1. The average molecular weight is 444 g/mol. The molecule has 6 heteroatoms. The minimum absolute atomic E-state index is 0.0974. The van der Waals surface area contributed by atoms with Crippen LogP contribution in [0.1, 0.15) is 50.5 Å². The molecule has 1 saturated carbocycles. The molecular weight excluding hydrogens is 409 g/mol. The van der Waals surface area contributed by atoms with Gasteiger partial charge in [0, 0.05) is 19.6 Å². The fourth-order valence-corrected chi connectivity index (χ4v) is 4.57. The maximum Gasteiger partial charge on any atom is 0.165 e. The number of halogens is 1. The van der Waals surface area contributed by atoms with Gasteiger partial charge in [0.1, 0.15) is 24.6 Å². The highest BCUT2D eigenvalue weighted by Gasteiger charge is 2.33. The van der Waals surface area contributed by atoms with Gasteiger partial charge in [0.15, 0.2) is 11.6 Å². The first-order chi connectivity index (χ1) is 15.4. The van der Waals surface area contributed by atoms with Crippen molar-refractivity contribution in [3.63, 3.8) is 0 Å². The molecule has 174 valence electrons. The number of benzene rings is 2. The van der Waals surface area contributed by atoms with Gasteiger partial charge in [-0.3, -0.25) is 4.90 Å². The number of piperidine rings is 1. The average Bonchev–Trinajstić information content (AvgIpc) is 2.80. The zero-order valence-electron chi connectivity index (χ0n) is 18.6. The van der Waals surface area contributed by atoms with E-state index in [1.165, 1.54) is 18.1 Å². The van der Waals surface area contributed by atoms with E-state index in [2.05, 4.69) is 17.0 Å². The first kappa shape index (κ1) is 23.0. The molecule has 1 aliphatic carbocycles. The van der Waals surface area contributed by atoms with Gasteiger partial charge in [0.05, 0.1) is 5.60 Å². The van der Waals surface area contributed by atoms with Gasteiger partial charge in [-0.1, -0.05) is 43.5 Å². The second-order valence-electron chi connectivity index (χ2n) is 9.44. The first-order valence-corrected chi connectivity index (χ1v) is 11.7. The summed E-state index contributed by atoms with van der Waals surface area (Å²) in [6.07, 6.45) is 6.14. The highest BCUT2D eigenvalue weighted by Crippen LogP contribution is 2.29. The van der Waals surface area contributed by atoms with Crippen molar-refractivity contribution in [2.75, 3.05) is 26.3 Å². The molecule has 2 aromatic carbocycles. The zero-order chi connectivity index (χ0) is 22.4. The Balaban J connectivity index is 1.21. The van der Waals surface area contributed by atoms with Crippen LogP contribution in [0.25, 0.3) is 0 Å². The molecule has 32 heavy (non-hydrogen) atoms. The van der Waals surface area contributed by atoms with Gasteiger partial charge in [0.2, 0.25) is 0 Å². The summed E-state index contributed by atoms with van der Waals surface area (Å²) in [7, 11) is 0. The highest BCUT2D eigenvalue weighted by molar-refractivity contribution is 5.27. The smallest absolute Gasteiger partial charge is 0.165 e. The standard InChI is InChI=1S/C26H34FNO4/c27-23-6-2-3-7-24(23)32-20-26(30)14-16-28(17-15-26)18-21-8-10-22(11-9-21)31-19-25(29)12-4-1-5-13-25/h2-3,6-11,29-30H,1,4-5,12-20H2. The molecule has 2 fully saturated rings. The van der Waals surface area contributed by atoms with Crippen LogP contribution in [0.2, 0.25) is 0 Å². The lowest BCUT2D eigenvalue weighted by Crippen LogP contribution is -2.47. The van der Waals surface area contributed by atoms with Gasteiger partial charge in [-0.05, 0) is 55.5 Å². The van der Waals surface area contributed by atoms with Crippen LogP contribution in [0.3, 0.4) is 0 Å². The van der Waals surface area contributed by atoms with Gasteiger partial charge in [-0.2, -0.15) is 0 Å². The maximum atomic E-state index is 13.7. The second-order valence-corrected chi connectivity index (χ2v) is 9.44. The minimum Gasteiger partial charge on any atom is -0.491 e. The van der Waals surface area contributed by atoms with Crippen molar-refractivity contribution in [3.8, 4) is 11.5 Å². The number of hydrogen-bond donors (Lipinski definition) is 2. The summed E-state index contributed by atoms with van der Waals surface area (Å²) in [4.78, 5) is 2.30. The first-order valence-electron chi connectivity index (χ1n) is 11.7. The van der Waals surface area contributed by atoms with Crippen LogP contribution in [0.15, 0.2) is 48.5 Å². The van der Waals surface area contributed by atoms with E-state index < -0.39 is 17.0 Å². The number of nitrogens with zero attached hydrogens (tertiary/aromatic N) is 1. The molecule has 1 heterocycles. The molecule has 0 spiro atoms. The molecule has 0 unspecified atom stereocenters. The molecule has 0 radical (unpaired) electrons. The van der Waals surface area contributed by atoms with Gasteiger partial charge >= 0.3 is 0 Å². The third kappa shape index (κ3) is 6.21. The Morgan fingerprint density at radius 3 is 2.09 bits per heavy atom. The van der Waals surface area contributed by atoms with Gasteiger partial charge < -0.3 is 19.7 Å². The van der Waals surface area contributed by atoms with Crippen LogP contribution in [-0.4, -0.2) is 52.6 Å². The van der Waals surface area contributed by atoms with Crippen molar-refractivity contribution in [1.29, 1.82) is 0 Å². The number of aliphatic hydroxyl groups is 2. The topological polar surface area (TPSA) is 62.2 Å². The van der Waals surface area contributed by atoms with Crippen LogP contribution < -0.4 is 9.47 Å². The predicted molar refractivity (Wildman–Crippen MR) is 121 cm³/mol. The Hall–Kier alpha value is -2.15. The van der Waals surface area contributed by atoms with Crippen molar-refractivity contribution in [3.05, 3.63) is 59.9 Å². The van der Waals surface area contributed by atoms with E-state index in [-0.39, 0.29) is 12.4 Å². The normalized spacial score (nSPS) is 20.6. The van der Waals surface area contributed by atoms with Gasteiger partial charge in [-0.25, -0.2) is 4.39 Å². The molecule has 0 aromatic heterocycles. The Bertz CT molecular complexity index is 858. The Morgan fingerprint density at radius 1 is 0.781 bits per heavy atom. The lowest BCUT2D eigenvalue weighted by atomic mass is 9.85. The van der Waals surface area contributed by atoms with E-state index in [1.54, 1.807) is 18.2 Å². The maximum absolute atomic E-state index is 13.7. The number of rotatable bonds is 8. The molecule has 1 aliphatic heterocycles. The summed E-state index contributed by atoms with van der Waals surface area (Å²) >= 11 is 0. The van der Waals surface area contributed by atoms with Crippen molar-refractivity contribution < 1.29 is 24.1 Å². The summed E-state index contributed by atoms with van der Waals surface area (Å²) in [6.45, 7) is 2.76. The van der Waals surface area contributed by atoms with E-state index in [1.807, 2.05) is 12.1 Å². The van der Waals surface area contributed by atoms with Gasteiger partial charge in [0.25, 0.3) is 0 Å². The molecule has 4 rings (SSSR count). The van der Waals surface area contributed by atoms with E-state index in [4.69, 9.17) is 9.47 Å². The third-order valence-electron chi connectivity index (χ3n) is 6.74. The quantitative estimate of drug-likeness (QED) is 0.637. The predicted octanol–water partition coefficient (Wildman–Crippen LogP) is 4.31. The number of hydrogen-bond acceptors (Lipinski definition) is 5. The minimum atomic E-state index is -0.935. The van der Waals surface area contributed by atoms with Crippen LogP contribution in [0.4, 0.5) is 4.39 Å². The zero-order valence-corrected chi connectivity index (χ0v) is 18.6. The van der Waals surface area contributed by atoms with E-state index in [0.717, 1.165) is 51.1 Å².